The average Bonchev–Trinajstić information content (AvgIpc) is 2.80. The Morgan fingerprint density at radius 3 is 2.42 bits per heavy atom. The van der Waals surface area contributed by atoms with Crippen LogP contribution in [0.1, 0.15) is 31.4 Å². The van der Waals surface area contributed by atoms with Crippen molar-refractivity contribution in [2.75, 3.05) is 39.2 Å². The molecule has 1 fully saturated rings. The van der Waals surface area contributed by atoms with E-state index in [9.17, 15) is 9.59 Å². The van der Waals surface area contributed by atoms with Gasteiger partial charge in [-0.3, -0.25) is 14.5 Å². The molecule has 2 aromatic rings. The summed E-state index contributed by atoms with van der Waals surface area (Å²) < 4.78 is 10.5. The average molecular weight is 426 g/mol. The number of piperidine rings is 1. The fourth-order valence-electron chi connectivity index (χ4n) is 3.80. The second-order valence-electron chi connectivity index (χ2n) is 7.81. The first-order valence-electron chi connectivity index (χ1n) is 10.6. The lowest BCUT2D eigenvalue weighted by atomic mass is 9.95. The van der Waals surface area contributed by atoms with Crippen molar-refractivity contribution in [3.63, 3.8) is 0 Å². The van der Waals surface area contributed by atoms with Gasteiger partial charge in [-0.25, -0.2) is 0 Å². The lowest BCUT2D eigenvalue weighted by molar-refractivity contribution is -0.127. The quantitative estimate of drug-likeness (QED) is 0.679. The Hall–Kier alpha value is -3.06. The summed E-state index contributed by atoms with van der Waals surface area (Å²) in [6, 6.07) is 15.2. The number of likely N-dealkylation sites (tertiary alicyclic amines) is 1. The number of hydrogen-bond donors (Lipinski definition) is 2. The molecule has 1 aliphatic heterocycles. The number of nitrogens with one attached hydrogen (secondary N) is 2. The van der Waals surface area contributed by atoms with Crippen molar-refractivity contribution in [1.82, 2.24) is 10.2 Å². The number of anilines is 1. The fraction of sp³-hybridized carbons (Fsp3) is 0.417. The molecule has 1 atom stereocenters. The van der Waals surface area contributed by atoms with Crippen LogP contribution in [0.5, 0.6) is 11.5 Å². The molecule has 1 aliphatic rings. The summed E-state index contributed by atoms with van der Waals surface area (Å²) >= 11 is 0. The molecular formula is C24H31N3O4. The number of ether oxygens (including phenoxy) is 2. The molecule has 7 nitrogen and oxygen atoms in total. The summed E-state index contributed by atoms with van der Waals surface area (Å²) in [7, 11) is 3.14. The molecule has 0 bridgehead atoms. The first-order chi connectivity index (χ1) is 15.0. The van der Waals surface area contributed by atoms with Crippen LogP contribution in [0.25, 0.3) is 0 Å². The Morgan fingerprint density at radius 1 is 1.06 bits per heavy atom. The molecule has 2 N–H and O–H groups in total. The smallest absolute Gasteiger partial charge is 0.238 e. The van der Waals surface area contributed by atoms with E-state index >= 15 is 0 Å². The second kappa shape index (κ2) is 10.8. The van der Waals surface area contributed by atoms with E-state index in [0.717, 1.165) is 18.4 Å². The minimum atomic E-state index is -0.107. The van der Waals surface area contributed by atoms with Gasteiger partial charge in [0.05, 0.1) is 32.5 Å². The summed E-state index contributed by atoms with van der Waals surface area (Å²) in [6.07, 6.45) is 1.49. The van der Waals surface area contributed by atoms with Crippen LogP contribution in [0.4, 0.5) is 5.69 Å². The molecule has 31 heavy (non-hydrogen) atoms. The van der Waals surface area contributed by atoms with E-state index in [1.807, 2.05) is 37.3 Å². The molecule has 1 saturated heterocycles. The zero-order valence-electron chi connectivity index (χ0n) is 18.4. The highest BCUT2D eigenvalue weighted by Crippen LogP contribution is 2.29. The maximum atomic E-state index is 12.6. The van der Waals surface area contributed by atoms with Crippen LogP contribution >= 0.6 is 0 Å². The van der Waals surface area contributed by atoms with Crippen molar-refractivity contribution < 1.29 is 19.1 Å². The van der Waals surface area contributed by atoms with Crippen LogP contribution in [-0.2, 0) is 9.59 Å². The van der Waals surface area contributed by atoms with Gasteiger partial charge in [0, 0.05) is 12.0 Å². The van der Waals surface area contributed by atoms with Crippen molar-refractivity contribution in [3.05, 3.63) is 54.1 Å². The topological polar surface area (TPSA) is 79.9 Å². The van der Waals surface area contributed by atoms with Gasteiger partial charge in [-0.05, 0) is 50.6 Å². The number of benzene rings is 2. The lowest BCUT2D eigenvalue weighted by Crippen LogP contribution is -2.43. The van der Waals surface area contributed by atoms with Crippen LogP contribution in [0.2, 0.25) is 0 Å². The summed E-state index contributed by atoms with van der Waals surface area (Å²) in [5.74, 6) is 1.17. The van der Waals surface area contributed by atoms with Gasteiger partial charge in [-0.15, -0.1) is 0 Å². The Kier molecular flexibility index (Phi) is 7.89. The SMILES string of the molecule is COc1ccc(NC(=O)CN2CCC(C(=O)NC(C)c3ccccc3)CC2)c(OC)c1. The largest absolute Gasteiger partial charge is 0.497 e. The van der Waals surface area contributed by atoms with Crippen LogP contribution in [0.15, 0.2) is 48.5 Å². The van der Waals surface area contributed by atoms with Crippen molar-refractivity contribution in [2.24, 2.45) is 5.92 Å². The summed E-state index contributed by atoms with van der Waals surface area (Å²) in [6.45, 7) is 3.71. The maximum Gasteiger partial charge on any atom is 0.238 e. The number of nitrogens with zero attached hydrogens (tertiary/aromatic N) is 1. The molecular weight excluding hydrogens is 394 g/mol. The van der Waals surface area contributed by atoms with Gasteiger partial charge in [0.15, 0.2) is 0 Å². The van der Waals surface area contributed by atoms with Crippen LogP contribution in [0, 0.1) is 5.92 Å². The van der Waals surface area contributed by atoms with Crippen LogP contribution < -0.4 is 20.1 Å². The number of amides is 2. The number of carbonyl (C=O) groups is 2. The molecule has 7 heteroatoms. The predicted molar refractivity (Wildman–Crippen MR) is 120 cm³/mol. The molecule has 2 amide bonds. The summed E-state index contributed by atoms with van der Waals surface area (Å²) in [5.41, 5.74) is 1.70. The molecule has 3 rings (SSSR count). The number of methoxy groups -OCH3 is 2. The first-order valence-corrected chi connectivity index (χ1v) is 10.6. The number of hydrogen-bond acceptors (Lipinski definition) is 5. The van der Waals surface area contributed by atoms with E-state index in [1.54, 1.807) is 32.4 Å². The Bertz CT molecular complexity index is 880. The third kappa shape index (κ3) is 6.21. The molecule has 0 aromatic heterocycles. The van der Waals surface area contributed by atoms with Crippen LogP contribution in [-0.4, -0.2) is 50.6 Å². The lowest BCUT2D eigenvalue weighted by Gasteiger charge is -2.31. The van der Waals surface area contributed by atoms with E-state index in [0.29, 0.717) is 30.3 Å². The van der Waals surface area contributed by atoms with Gasteiger partial charge in [-0.2, -0.15) is 0 Å². The fourth-order valence-corrected chi connectivity index (χ4v) is 3.80. The highest BCUT2D eigenvalue weighted by Gasteiger charge is 2.27. The van der Waals surface area contributed by atoms with Crippen molar-refractivity contribution in [2.45, 2.75) is 25.8 Å². The zero-order chi connectivity index (χ0) is 22.2. The minimum Gasteiger partial charge on any atom is -0.497 e. The van der Waals surface area contributed by atoms with E-state index < -0.39 is 0 Å². The van der Waals surface area contributed by atoms with Gasteiger partial charge in [0.25, 0.3) is 0 Å². The van der Waals surface area contributed by atoms with Crippen molar-refractivity contribution >= 4 is 17.5 Å². The van der Waals surface area contributed by atoms with Crippen LogP contribution in [0.3, 0.4) is 0 Å². The Labute approximate surface area is 183 Å². The van der Waals surface area contributed by atoms with Crippen molar-refractivity contribution in [1.29, 1.82) is 0 Å². The van der Waals surface area contributed by atoms with Gasteiger partial charge < -0.3 is 20.1 Å². The standard InChI is InChI=1S/C24H31N3O4/c1-17(18-7-5-4-6-8-18)25-24(29)19-11-13-27(14-12-19)16-23(28)26-21-10-9-20(30-2)15-22(21)31-3/h4-10,15,17,19H,11-14,16H2,1-3H3,(H,25,29)(H,26,28). The Balaban J connectivity index is 1.45. The third-order valence-electron chi connectivity index (χ3n) is 5.67. The number of rotatable bonds is 8. The van der Waals surface area contributed by atoms with Gasteiger partial charge >= 0.3 is 0 Å². The van der Waals surface area contributed by atoms with E-state index in [2.05, 4.69) is 15.5 Å². The monoisotopic (exact) mass is 425 g/mol. The second-order valence-corrected chi connectivity index (χ2v) is 7.81. The summed E-state index contributed by atoms with van der Waals surface area (Å²) in [5, 5.41) is 6.01. The third-order valence-corrected chi connectivity index (χ3v) is 5.67. The van der Waals surface area contributed by atoms with E-state index in [-0.39, 0.29) is 30.3 Å². The molecule has 0 radical (unpaired) electrons. The zero-order valence-corrected chi connectivity index (χ0v) is 18.4. The first kappa shape index (κ1) is 22.6. The van der Waals surface area contributed by atoms with Crippen molar-refractivity contribution in [3.8, 4) is 11.5 Å². The van der Waals surface area contributed by atoms with Gasteiger partial charge in [-0.1, -0.05) is 30.3 Å². The predicted octanol–water partition coefficient (Wildman–Crippen LogP) is 3.23. The molecule has 166 valence electrons. The molecule has 0 aliphatic carbocycles. The Morgan fingerprint density at radius 2 is 1.77 bits per heavy atom. The van der Waals surface area contributed by atoms with E-state index in [4.69, 9.17) is 9.47 Å². The molecule has 0 spiro atoms. The van der Waals surface area contributed by atoms with Gasteiger partial charge in [0.2, 0.25) is 11.8 Å². The minimum absolute atomic E-state index is 0.0167. The molecule has 1 heterocycles. The highest BCUT2D eigenvalue weighted by molar-refractivity contribution is 5.93. The molecule has 2 aromatic carbocycles. The molecule has 1 unspecified atom stereocenters. The number of carbonyl (C=O) groups excluding carboxylic acids is 2. The van der Waals surface area contributed by atoms with E-state index in [1.165, 1.54) is 0 Å². The van der Waals surface area contributed by atoms with Gasteiger partial charge in [0.1, 0.15) is 11.5 Å². The maximum absolute atomic E-state index is 12.6. The normalized spacial score (nSPS) is 15.7. The molecule has 0 saturated carbocycles. The highest BCUT2D eigenvalue weighted by atomic mass is 16.5. The summed E-state index contributed by atoms with van der Waals surface area (Å²) in [4.78, 5) is 27.2.